The van der Waals surface area contributed by atoms with Crippen molar-refractivity contribution < 1.29 is 18.8 Å². The molecule has 1 amide bonds. The summed E-state index contributed by atoms with van der Waals surface area (Å²) in [7, 11) is 0. The monoisotopic (exact) mass is 378 g/mol. The third-order valence-corrected chi connectivity index (χ3v) is 4.27. The first-order chi connectivity index (χ1) is 12.3. The van der Waals surface area contributed by atoms with Crippen molar-refractivity contribution in [2.24, 2.45) is 0 Å². The molecule has 9 heteroatoms. The number of carbonyl (C=O) groups excluding carboxylic acids is 2. The number of hydrogen-bond donors (Lipinski definition) is 1. The summed E-state index contributed by atoms with van der Waals surface area (Å²) in [5.74, 6) is -0.0681. The molecule has 2 heterocycles. The van der Waals surface area contributed by atoms with Crippen LogP contribution in [0.25, 0.3) is 0 Å². The third kappa shape index (κ3) is 5.29. The largest absolute Gasteiger partial charge is 0.453 e. The first kappa shape index (κ1) is 19.9. The minimum absolute atomic E-state index is 0.143. The number of esters is 1. The summed E-state index contributed by atoms with van der Waals surface area (Å²) in [5, 5.41) is 6.90. The molecule has 26 heavy (non-hydrogen) atoms. The molecule has 1 N–H and O–H groups in total. The number of nitrogens with zero attached hydrogens (tertiary/aromatic N) is 3. The van der Waals surface area contributed by atoms with Gasteiger partial charge in [0.2, 0.25) is 0 Å². The minimum Gasteiger partial charge on any atom is -0.453 e. The van der Waals surface area contributed by atoms with Gasteiger partial charge in [-0.1, -0.05) is 16.9 Å². The highest BCUT2D eigenvalue weighted by molar-refractivity contribution is 7.98. The lowest BCUT2D eigenvalue weighted by molar-refractivity contribution is -0.153. The lowest BCUT2D eigenvalue weighted by Gasteiger charge is -2.13. The van der Waals surface area contributed by atoms with Crippen molar-refractivity contribution in [2.45, 2.75) is 51.8 Å². The fourth-order valence-corrected chi connectivity index (χ4v) is 2.81. The van der Waals surface area contributed by atoms with Crippen LogP contribution in [-0.2, 0) is 20.7 Å². The molecule has 0 fully saturated rings. The van der Waals surface area contributed by atoms with E-state index in [0.29, 0.717) is 17.3 Å². The Labute approximate surface area is 156 Å². The van der Waals surface area contributed by atoms with E-state index in [4.69, 9.17) is 9.26 Å². The molecule has 140 valence electrons. The standard InChI is InChI=1S/C17H22N4O4S/c1-9-8-14(21-25-9)20-16(23)12(4)24-15(22)7-6-13-10(2)18-17(26-5)19-11(13)3/h8,12H,6-7H2,1-5H3,(H,20,21,23)/t12-/m1/s1. The van der Waals surface area contributed by atoms with Gasteiger partial charge in [-0.25, -0.2) is 9.97 Å². The van der Waals surface area contributed by atoms with Crippen molar-refractivity contribution in [3.05, 3.63) is 28.8 Å². The fraction of sp³-hybridized carbons (Fsp3) is 0.471. The van der Waals surface area contributed by atoms with Crippen LogP contribution in [-0.4, -0.2) is 39.4 Å². The molecular formula is C17H22N4O4S. The predicted octanol–water partition coefficient (Wildman–Crippen LogP) is 2.61. The van der Waals surface area contributed by atoms with E-state index in [1.165, 1.54) is 18.7 Å². The van der Waals surface area contributed by atoms with E-state index in [-0.39, 0.29) is 12.2 Å². The number of aryl methyl sites for hydroxylation is 3. The molecule has 2 aromatic heterocycles. The molecule has 0 saturated carbocycles. The number of thioether (sulfide) groups is 1. The van der Waals surface area contributed by atoms with E-state index in [2.05, 4.69) is 20.4 Å². The normalized spacial score (nSPS) is 11.9. The molecule has 2 aromatic rings. The van der Waals surface area contributed by atoms with Gasteiger partial charge in [-0.2, -0.15) is 0 Å². The number of rotatable bonds is 7. The van der Waals surface area contributed by atoms with Crippen molar-refractivity contribution in [3.63, 3.8) is 0 Å². The average Bonchev–Trinajstić information content (AvgIpc) is 2.98. The Morgan fingerprint density at radius 1 is 1.27 bits per heavy atom. The highest BCUT2D eigenvalue weighted by Crippen LogP contribution is 2.17. The van der Waals surface area contributed by atoms with Crippen LogP contribution in [0.3, 0.4) is 0 Å². The second-order valence-electron chi connectivity index (χ2n) is 5.80. The van der Waals surface area contributed by atoms with Crippen molar-refractivity contribution in [3.8, 4) is 0 Å². The molecule has 2 rings (SSSR count). The summed E-state index contributed by atoms with van der Waals surface area (Å²) < 4.78 is 10.1. The van der Waals surface area contributed by atoms with Crippen LogP contribution in [0.4, 0.5) is 5.82 Å². The summed E-state index contributed by atoms with van der Waals surface area (Å²) >= 11 is 1.47. The van der Waals surface area contributed by atoms with Crippen LogP contribution >= 0.6 is 11.8 Å². The maximum absolute atomic E-state index is 12.1. The predicted molar refractivity (Wildman–Crippen MR) is 97.0 cm³/mol. The van der Waals surface area contributed by atoms with E-state index in [1.54, 1.807) is 13.0 Å². The smallest absolute Gasteiger partial charge is 0.306 e. The van der Waals surface area contributed by atoms with Crippen LogP contribution in [0.15, 0.2) is 15.7 Å². The van der Waals surface area contributed by atoms with Crippen LogP contribution in [0.1, 0.15) is 36.1 Å². The first-order valence-electron chi connectivity index (χ1n) is 8.12. The SMILES string of the molecule is CSc1nc(C)c(CCC(=O)O[C@H](C)C(=O)Nc2cc(C)on2)c(C)n1. The summed E-state index contributed by atoms with van der Waals surface area (Å²) in [6.07, 6.45) is 1.58. The number of ether oxygens (including phenoxy) is 1. The zero-order chi connectivity index (χ0) is 19.3. The van der Waals surface area contributed by atoms with Crippen LogP contribution in [0, 0.1) is 20.8 Å². The number of carbonyl (C=O) groups is 2. The molecule has 0 radical (unpaired) electrons. The lowest BCUT2D eigenvalue weighted by Crippen LogP contribution is -2.30. The maximum Gasteiger partial charge on any atom is 0.306 e. The third-order valence-electron chi connectivity index (χ3n) is 3.72. The van der Waals surface area contributed by atoms with Gasteiger partial charge in [0.05, 0.1) is 0 Å². The van der Waals surface area contributed by atoms with E-state index in [1.807, 2.05) is 20.1 Å². The lowest BCUT2D eigenvalue weighted by atomic mass is 10.1. The Hall–Kier alpha value is -2.42. The highest BCUT2D eigenvalue weighted by atomic mass is 32.2. The zero-order valence-electron chi connectivity index (χ0n) is 15.5. The molecule has 0 spiro atoms. The number of anilines is 1. The molecule has 8 nitrogen and oxygen atoms in total. The van der Waals surface area contributed by atoms with Gasteiger partial charge >= 0.3 is 5.97 Å². The van der Waals surface area contributed by atoms with Gasteiger partial charge in [0, 0.05) is 23.9 Å². The average molecular weight is 378 g/mol. The molecule has 0 aromatic carbocycles. The fourth-order valence-electron chi connectivity index (χ4n) is 2.35. The van der Waals surface area contributed by atoms with Crippen LogP contribution < -0.4 is 5.32 Å². The van der Waals surface area contributed by atoms with E-state index in [9.17, 15) is 9.59 Å². The molecule has 1 atom stereocenters. The Balaban J connectivity index is 1.87. The van der Waals surface area contributed by atoms with Crippen LogP contribution in [0.5, 0.6) is 0 Å². The first-order valence-corrected chi connectivity index (χ1v) is 9.34. The molecule has 0 bridgehead atoms. The molecule has 0 aliphatic rings. The van der Waals surface area contributed by atoms with Gasteiger partial charge in [-0.3, -0.25) is 9.59 Å². The molecular weight excluding hydrogens is 356 g/mol. The van der Waals surface area contributed by atoms with E-state index < -0.39 is 18.0 Å². The Kier molecular flexibility index (Phi) is 6.73. The van der Waals surface area contributed by atoms with Crippen molar-refractivity contribution in [2.75, 3.05) is 11.6 Å². The van der Waals surface area contributed by atoms with Gasteiger partial charge in [-0.05, 0) is 45.9 Å². The number of aromatic nitrogens is 3. The van der Waals surface area contributed by atoms with Gasteiger partial charge < -0.3 is 14.6 Å². The summed E-state index contributed by atoms with van der Waals surface area (Å²) in [6, 6.07) is 1.58. The van der Waals surface area contributed by atoms with E-state index in [0.717, 1.165) is 17.0 Å². The Morgan fingerprint density at radius 3 is 2.46 bits per heavy atom. The topological polar surface area (TPSA) is 107 Å². The molecule has 0 aliphatic heterocycles. The number of amides is 1. The zero-order valence-corrected chi connectivity index (χ0v) is 16.3. The summed E-state index contributed by atoms with van der Waals surface area (Å²) in [5.41, 5.74) is 2.62. The maximum atomic E-state index is 12.1. The second-order valence-corrected chi connectivity index (χ2v) is 6.58. The van der Waals surface area contributed by atoms with Gasteiger partial charge in [-0.15, -0.1) is 0 Å². The van der Waals surface area contributed by atoms with Gasteiger partial charge in [0.15, 0.2) is 17.1 Å². The quantitative estimate of drug-likeness (QED) is 0.445. The number of nitrogens with one attached hydrogen (secondary N) is 1. The Bertz CT molecular complexity index is 783. The van der Waals surface area contributed by atoms with Crippen molar-refractivity contribution >= 4 is 29.5 Å². The summed E-state index contributed by atoms with van der Waals surface area (Å²) in [6.45, 7) is 7.01. The minimum atomic E-state index is -0.934. The van der Waals surface area contributed by atoms with Gasteiger partial charge in [0.25, 0.3) is 5.91 Å². The molecule has 0 saturated heterocycles. The van der Waals surface area contributed by atoms with Crippen LogP contribution in [0.2, 0.25) is 0 Å². The number of hydrogen-bond acceptors (Lipinski definition) is 8. The second kappa shape index (κ2) is 8.79. The Morgan fingerprint density at radius 2 is 1.92 bits per heavy atom. The van der Waals surface area contributed by atoms with Gasteiger partial charge in [0.1, 0.15) is 5.76 Å². The molecule has 0 unspecified atom stereocenters. The van der Waals surface area contributed by atoms with Crippen molar-refractivity contribution in [1.29, 1.82) is 0 Å². The van der Waals surface area contributed by atoms with E-state index >= 15 is 0 Å². The molecule has 0 aliphatic carbocycles. The summed E-state index contributed by atoms with van der Waals surface area (Å²) in [4.78, 5) is 32.8. The highest BCUT2D eigenvalue weighted by Gasteiger charge is 2.19. The van der Waals surface area contributed by atoms with Crippen molar-refractivity contribution in [1.82, 2.24) is 15.1 Å².